The molecule has 1 aliphatic heterocycles. The molecule has 35 heavy (non-hydrogen) atoms. The van der Waals surface area contributed by atoms with Crippen molar-refractivity contribution in [2.24, 2.45) is 4.99 Å². The number of nitrogens with one attached hydrogen (secondary N) is 2. The van der Waals surface area contributed by atoms with Crippen LogP contribution in [0, 0.1) is 0 Å². The van der Waals surface area contributed by atoms with Crippen LogP contribution in [-0.2, 0) is 4.79 Å². The van der Waals surface area contributed by atoms with Crippen molar-refractivity contribution in [3.8, 4) is 0 Å². The first-order chi connectivity index (χ1) is 16.9. The van der Waals surface area contributed by atoms with E-state index in [1.165, 1.54) is 11.3 Å². The van der Waals surface area contributed by atoms with Gasteiger partial charge in [0.15, 0.2) is 0 Å². The Balaban J connectivity index is 1.52. The van der Waals surface area contributed by atoms with E-state index in [0.717, 1.165) is 18.2 Å². The van der Waals surface area contributed by atoms with Crippen LogP contribution in [-0.4, -0.2) is 39.6 Å². The number of nitrogens with zero attached hydrogens (tertiary/aromatic N) is 4. The molecule has 0 aromatic carbocycles. The van der Waals surface area contributed by atoms with Crippen LogP contribution in [0.1, 0.15) is 54.4 Å². The van der Waals surface area contributed by atoms with E-state index in [9.17, 15) is 14.4 Å². The smallest absolute Gasteiger partial charge is 0.331 e. The van der Waals surface area contributed by atoms with E-state index in [4.69, 9.17) is 0 Å². The first kappa shape index (κ1) is 22.9. The van der Waals surface area contributed by atoms with E-state index < -0.39 is 5.91 Å². The van der Waals surface area contributed by atoms with Gasteiger partial charge in [-0.15, -0.1) is 11.3 Å². The molecule has 0 radical (unpaired) electrons. The van der Waals surface area contributed by atoms with Crippen LogP contribution in [0.25, 0.3) is 10.2 Å². The third-order valence-electron chi connectivity index (χ3n) is 6.13. The Morgan fingerprint density at radius 1 is 1.31 bits per heavy atom. The summed E-state index contributed by atoms with van der Waals surface area (Å²) in [5, 5.41) is 6.61. The molecule has 0 saturated heterocycles. The summed E-state index contributed by atoms with van der Waals surface area (Å²) in [7, 11) is 0. The second-order valence-corrected chi connectivity index (χ2v) is 9.74. The second kappa shape index (κ2) is 9.03. The molecule has 3 aromatic rings. The number of aromatic nitrogens is 2. The fourth-order valence-electron chi connectivity index (χ4n) is 4.42. The van der Waals surface area contributed by atoms with Gasteiger partial charge < -0.3 is 10.6 Å². The van der Waals surface area contributed by atoms with Crippen LogP contribution < -0.4 is 15.5 Å². The van der Waals surface area contributed by atoms with Crippen LogP contribution in [0.3, 0.4) is 0 Å². The minimum absolute atomic E-state index is 0.207. The maximum Gasteiger partial charge on any atom is 0.331 e. The Labute approximate surface area is 206 Å². The number of urea groups is 1. The minimum atomic E-state index is -0.420. The number of hydrogen-bond acceptors (Lipinski definition) is 6. The van der Waals surface area contributed by atoms with Crippen LogP contribution in [0.5, 0.6) is 0 Å². The molecule has 178 valence electrons. The highest BCUT2D eigenvalue weighted by molar-refractivity contribution is 7.21. The number of hydrogen-bond donors (Lipinski definition) is 2. The molecule has 1 aliphatic carbocycles. The highest BCUT2D eigenvalue weighted by Crippen LogP contribution is 2.45. The van der Waals surface area contributed by atoms with Gasteiger partial charge in [0.05, 0.1) is 28.5 Å². The van der Waals surface area contributed by atoms with Crippen LogP contribution >= 0.6 is 11.3 Å². The molecule has 0 bridgehead atoms. The standard InChI is InChI=1S/C25H24N6O3S/c1-4-19(32)28-15-6-5-7-16(15)29-23(33)22-21-20-18(9-11-27-24(20)35-22)31(25(34)30-21)14-8-10-26-17(12-14)13(2)3/h4,8-13,16H,1,5-7H2,2-3H3,(H,29,33)(H,30,34)/b28-15+/t16-/m1/s1. The van der Waals surface area contributed by atoms with E-state index in [1.54, 1.807) is 29.4 Å². The summed E-state index contributed by atoms with van der Waals surface area (Å²) in [4.78, 5) is 53.8. The van der Waals surface area contributed by atoms with Gasteiger partial charge in [-0.3, -0.25) is 19.5 Å². The Hall–Kier alpha value is -3.92. The SMILES string of the molecule is C=CC(=O)/N=C1\CCC[C@H]1NC(=O)c1sc2nccc3c2c1NC(=O)N3c1ccnc(C(C)C)c1. The van der Waals surface area contributed by atoms with Crippen molar-refractivity contribution in [1.29, 1.82) is 0 Å². The van der Waals surface area contributed by atoms with E-state index in [1.807, 2.05) is 19.9 Å². The average Bonchev–Trinajstić information content (AvgIpc) is 3.44. The normalized spacial score (nSPS) is 18.3. The van der Waals surface area contributed by atoms with Crippen molar-refractivity contribution in [3.63, 3.8) is 0 Å². The second-order valence-electron chi connectivity index (χ2n) is 8.74. The van der Waals surface area contributed by atoms with Gasteiger partial charge in [0.25, 0.3) is 11.8 Å². The molecule has 4 amide bonds. The zero-order valence-electron chi connectivity index (χ0n) is 19.4. The summed E-state index contributed by atoms with van der Waals surface area (Å²) in [5.74, 6) is -0.548. The quantitative estimate of drug-likeness (QED) is 0.494. The van der Waals surface area contributed by atoms with Gasteiger partial charge >= 0.3 is 6.03 Å². The van der Waals surface area contributed by atoms with Crippen molar-refractivity contribution in [1.82, 2.24) is 15.3 Å². The maximum atomic E-state index is 13.3. The predicted molar refractivity (Wildman–Crippen MR) is 137 cm³/mol. The molecule has 1 saturated carbocycles. The van der Waals surface area contributed by atoms with Crippen molar-refractivity contribution in [2.45, 2.75) is 45.1 Å². The molecular formula is C25H24N6O3S. The number of aliphatic imine (C=N–C) groups is 1. The van der Waals surface area contributed by atoms with Gasteiger partial charge in [-0.25, -0.2) is 14.8 Å². The number of carbonyl (C=O) groups is 3. The highest BCUT2D eigenvalue weighted by atomic mass is 32.1. The Bertz CT molecular complexity index is 1410. The summed E-state index contributed by atoms with van der Waals surface area (Å²) < 4.78 is 0. The number of pyridine rings is 2. The van der Waals surface area contributed by atoms with Crippen LogP contribution in [0.15, 0.2) is 48.2 Å². The highest BCUT2D eigenvalue weighted by Gasteiger charge is 2.34. The van der Waals surface area contributed by atoms with Gasteiger partial charge in [0.2, 0.25) is 0 Å². The van der Waals surface area contributed by atoms with Crippen molar-refractivity contribution in [2.75, 3.05) is 10.2 Å². The number of amides is 4. The molecule has 0 spiro atoms. The lowest BCUT2D eigenvalue weighted by Crippen LogP contribution is -2.39. The number of rotatable bonds is 5. The Morgan fingerprint density at radius 2 is 2.11 bits per heavy atom. The first-order valence-corrected chi connectivity index (χ1v) is 12.2. The van der Waals surface area contributed by atoms with Gasteiger partial charge in [0, 0.05) is 23.8 Å². The number of carbonyl (C=O) groups excluding carboxylic acids is 3. The fourth-order valence-corrected chi connectivity index (χ4v) is 5.44. The molecular weight excluding hydrogens is 464 g/mol. The first-order valence-electron chi connectivity index (χ1n) is 11.4. The van der Waals surface area contributed by atoms with Crippen LogP contribution in [0.4, 0.5) is 21.9 Å². The van der Waals surface area contributed by atoms with Gasteiger partial charge in [-0.05, 0) is 49.5 Å². The van der Waals surface area contributed by atoms with Crippen LogP contribution in [0.2, 0.25) is 0 Å². The molecule has 3 aromatic heterocycles. The summed E-state index contributed by atoms with van der Waals surface area (Å²) in [5.41, 5.74) is 3.31. The molecule has 0 unspecified atom stereocenters. The molecule has 5 rings (SSSR count). The van der Waals surface area contributed by atoms with E-state index in [-0.39, 0.29) is 23.9 Å². The average molecular weight is 489 g/mol. The molecule has 1 fully saturated rings. The zero-order chi connectivity index (χ0) is 24.7. The molecule has 10 heteroatoms. The van der Waals surface area contributed by atoms with Crippen molar-refractivity contribution >= 4 is 62.2 Å². The van der Waals surface area contributed by atoms with E-state index in [2.05, 4.69) is 32.2 Å². The third kappa shape index (κ3) is 4.10. The summed E-state index contributed by atoms with van der Waals surface area (Å²) in [6, 6.07) is 4.76. The maximum absolute atomic E-state index is 13.3. The summed E-state index contributed by atoms with van der Waals surface area (Å²) >= 11 is 1.22. The lowest BCUT2D eigenvalue weighted by atomic mass is 10.1. The number of thiophene rings is 1. The van der Waals surface area contributed by atoms with Crippen molar-refractivity contribution < 1.29 is 14.4 Å². The van der Waals surface area contributed by atoms with Crippen molar-refractivity contribution in [3.05, 3.63) is 53.8 Å². The zero-order valence-corrected chi connectivity index (χ0v) is 20.2. The Kier molecular flexibility index (Phi) is 5.89. The lowest BCUT2D eigenvalue weighted by molar-refractivity contribution is -0.113. The topological polar surface area (TPSA) is 117 Å². The van der Waals surface area contributed by atoms with Gasteiger partial charge in [0.1, 0.15) is 9.71 Å². The summed E-state index contributed by atoms with van der Waals surface area (Å²) in [6.45, 7) is 7.54. The largest absolute Gasteiger partial charge is 0.343 e. The molecule has 9 nitrogen and oxygen atoms in total. The minimum Gasteiger partial charge on any atom is -0.343 e. The molecule has 2 aliphatic rings. The van der Waals surface area contributed by atoms with Gasteiger partial charge in [-0.1, -0.05) is 20.4 Å². The summed E-state index contributed by atoms with van der Waals surface area (Å²) in [6.07, 6.45) is 6.65. The lowest BCUT2D eigenvalue weighted by Gasteiger charge is -2.28. The predicted octanol–water partition coefficient (Wildman–Crippen LogP) is 4.93. The Morgan fingerprint density at radius 3 is 2.89 bits per heavy atom. The molecule has 1 atom stereocenters. The third-order valence-corrected chi connectivity index (χ3v) is 7.22. The van der Waals surface area contributed by atoms with E-state index in [0.29, 0.717) is 50.7 Å². The molecule has 4 heterocycles. The van der Waals surface area contributed by atoms with E-state index >= 15 is 0 Å². The monoisotopic (exact) mass is 488 g/mol. The molecule has 2 N–H and O–H groups in total. The van der Waals surface area contributed by atoms with Gasteiger partial charge in [-0.2, -0.15) is 0 Å². The fraction of sp³-hybridized carbons (Fsp3) is 0.280. The number of anilines is 3.